The van der Waals surface area contributed by atoms with Crippen LogP contribution >= 0.6 is 0 Å². The average Bonchev–Trinajstić information content (AvgIpc) is 3.78. The molecular weight excluding hydrogens is 659 g/mol. The molecule has 5 nitrogen and oxygen atoms in total. The molecule has 0 saturated heterocycles. The van der Waals surface area contributed by atoms with Crippen LogP contribution in [-0.2, 0) is 6.42 Å². The second-order valence-corrected chi connectivity index (χ2v) is 13.8. The number of fused-ring (bicyclic) bond motifs is 2. The van der Waals surface area contributed by atoms with Gasteiger partial charge in [-0.1, -0.05) is 109 Å². The summed E-state index contributed by atoms with van der Waals surface area (Å²) in [4.78, 5) is 16.0. The fourth-order valence-corrected chi connectivity index (χ4v) is 7.90. The first-order chi connectivity index (χ1) is 26.6. The van der Waals surface area contributed by atoms with Crippen LogP contribution in [0, 0.1) is 20.8 Å². The Morgan fingerprint density at radius 1 is 0.481 bits per heavy atom. The van der Waals surface area contributed by atoms with Crippen molar-refractivity contribution in [2.75, 3.05) is 0 Å². The predicted octanol–water partition coefficient (Wildman–Crippen LogP) is 12.0. The smallest absolute Gasteiger partial charge is 0.146 e. The van der Waals surface area contributed by atoms with E-state index in [-0.39, 0.29) is 0 Å². The molecular formula is C49H39N5. The quantitative estimate of drug-likeness (QED) is 0.148. The summed E-state index contributed by atoms with van der Waals surface area (Å²) in [6, 6.07) is 56.9. The van der Waals surface area contributed by atoms with Crippen molar-refractivity contribution in [1.82, 2.24) is 19.1 Å². The summed E-state index contributed by atoms with van der Waals surface area (Å²) in [7, 11) is 0. The van der Waals surface area contributed by atoms with Crippen LogP contribution in [-0.4, -0.2) is 25.3 Å². The van der Waals surface area contributed by atoms with Crippen molar-refractivity contribution >= 4 is 34.0 Å². The maximum atomic E-state index is 5.38. The van der Waals surface area contributed by atoms with Gasteiger partial charge in [-0.2, -0.15) is 0 Å². The molecule has 0 aliphatic rings. The molecule has 0 aliphatic carbocycles. The number of aliphatic imine (C=N–C) groups is 1. The number of hydrogen-bond donors (Lipinski definition) is 0. The van der Waals surface area contributed by atoms with Gasteiger partial charge in [-0.15, -0.1) is 0 Å². The third-order valence-electron chi connectivity index (χ3n) is 10.5. The van der Waals surface area contributed by atoms with E-state index in [2.05, 4.69) is 200 Å². The molecule has 0 saturated carbocycles. The molecule has 0 fully saturated rings. The highest BCUT2D eigenvalue weighted by molar-refractivity contribution is 5.97. The molecule has 0 spiro atoms. The van der Waals surface area contributed by atoms with E-state index in [0.717, 1.165) is 90.6 Å². The lowest BCUT2D eigenvalue weighted by Gasteiger charge is -2.22. The summed E-state index contributed by atoms with van der Waals surface area (Å²) in [5, 5.41) is 0. The number of hydrogen-bond acceptors (Lipinski definition) is 3. The van der Waals surface area contributed by atoms with Gasteiger partial charge in [-0.05, 0) is 110 Å². The Kier molecular flexibility index (Phi) is 8.52. The Balaban J connectivity index is 1.34. The van der Waals surface area contributed by atoms with E-state index in [9.17, 15) is 0 Å². The van der Waals surface area contributed by atoms with E-state index >= 15 is 0 Å². The molecule has 0 radical (unpaired) electrons. The van der Waals surface area contributed by atoms with Crippen molar-refractivity contribution in [3.8, 4) is 34.2 Å². The molecule has 0 bridgehead atoms. The maximum absolute atomic E-state index is 5.38. The topological polar surface area (TPSA) is 48.0 Å². The molecule has 0 unspecified atom stereocenters. The third-order valence-corrected chi connectivity index (χ3v) is 10.5. The van der Waals surface area contributed by atoms with Crippen molar-refractivity contribution in [3.05, 3.63) is 197 Å². The number of benzene rings is 7. The van der Waals surface area contributed by atoms with Crippen molar-refractivity contribution in [2.24, 2.45) is 4.99 Å². The van der Waals surface area contributed by atoms with Gasteiger partial charge in [0.1, 0.15) is 11.6 Å². The minimum atomic E-state index is 0.804. The Morgan fingerprint density at radius 2 is 0.926 bits per heavy atom. The minimum Gasteiger partial charge on any atom is -0.292 e. The van der Waals surface area contributed by atoms with Gasteiger partial charge >= 0.3 is 0 Å². The third kappa shape index (κ3) is 5.80. The van der Waals surface area contributed by atoms with Gasteiger partial charge in [-0.3, -0.25) is 14.1 Å². The zero-order valence-electron chi connectivity index (χ0n) is 30.6. The van der Waals surface area contributed by atoms with Gasteiger partial charge in [-0.25, -0.2) is 9.97 Å². The van der Waals surface area contributed by atoms with Crippen molar-refractivity contribution < 1.29 is 0 Å². The molecule has 5 heteroatoms. The van der Waals surface area contributed by atoms with Crippen LogP contribution in [0.1, 0.15) is 33.4 Å². The highest BCUT2D eigenvalue weighted by Gasteiger charge is 2.27. The summed E-state index contributed by atoms with van der Waals surface area (Å²) >= 11 is 0. The minimum absolute atomic E-state index is 0.804. The lowest BCUT2D eigenvalue weighted by atomic mass is 9.87. The van der Waals surface area contributed by atoms with Gasteiger partial charge in [0, 0.05) is 34.3 Å². The number of imidazole rings is 2. The Labute approximate surface area is 315 Å². The van der Waals surface area contributed by atoms with E-state index in [1.807, 2.05) is 0 Å². The first-order valence-corrected chi connectivity index (χ1v) is 18.4. The van der Waals surface area contributed by atoms with Crippen LogP contribution in [0.5, 0.6) is 0 Å². The molecule has 2 heterocycles. The van der Waals surface area contributed by atoms with Crippen LogP contribution < -0.4 is 0 Å². The van der Waals surface area contributed by atoms with Crippen molar-refractivity contribution in [1.29, 1.82) is 0 Å². The lowest BCUT2D eigenvalue weighted by Crippen LogP contribution is -2.08. The van der Waals surface area contributed by atoms with Gasteiger partial charge in [0.05, 0.1) is 27.8 Å². The fourth-order valence-electron chi connectivity index (χ4n) is 7.90. The molecule has 0 atom stereocenters. The predicted molar refractivity (Wildman–Crippen MR) is 224 cm³/mol. The second-order valence-electron chi connectivity index (χ2n) is 13.8. The monoisotopic (exact) mass is 697 g/mol. The Hall–Kier alpha value is -6.85. The van der Waals surface area contributed by atoms with E-state index in [4.69, 9.17) is 15.0 Å². The molecule has 9 aromatic rings. The van der Waals surface area contributed by atoms with Crippen LogP contribution in [0.25, 0.3) is 56.2 Å². The lowest BCUT2D eigenvalue weighted by molar-refractivity contribution is 1.07. The van der Waals surface area contributed by atoms with Crippen LogP contribution in [0.4, 0.5) is 5.69 Å². The maximum Gasteiger partial charge on any atom is 0.146 e. The molecule has 0 amide bonds. The second kappa shape index (κ2) is 13.9. The zero-order valence-corrected chi connectivity index (χ0v) is 30.6. The van der Waals surface area contributed by atoms with Crippen molar-refractivity contribution in [3.63, 3.8) is 0 Å². The van der Waals surface area contributed by atoms with Crippen LogP contribution in [0.2, 0.25) is 0 Å². The van der Waals surface area contributed by atoms with E-state index in [1.165, 1.54) is 11.1 Å². The molecule has 54 heavy (non-hydrogen) atoms. The van der Waals surface area contributed by atoms with Crippen LogP contribution in [0.15, 0.2) is 169 Å². The standard InChI is InChI=1S/C49H39N5/c1-33-40(32-50-41-26-14-13-21-37(41)31-36-19-7-4-8-20-36)34(2)47(49-52-43-28-16-18-30-45(43)54(49)39-24-11-6-12-25-39)35(3)46(33)48-51-42-27-15-17-29-44(42)53(48)38-22-9-5-10-23-38/h4-30,32H,31H2,1-3H3. The first kappa shape index (κ1) is 33.0. The normalized spacial score (nSPS) is 11.6. The number of para-hydroxylation sites is 7. The van der Waals surface area contributed by atoms with E-state index in [0.29, 0.717) is 0 Å². The highest BCUT2D eigenvalue weighted by atomic mass is 15.1. The van der Waals surface area contributed by atoms with Gasteiger partial charge in [0.25, 0.3) is 0 Å². The number of rotatable bonds is 8. The Morgan fingerprint density at radius 3 is 1.46 bits per heavy atom. The summed E-state index contributed by atoms with van der Waals surface area (Å²) in [6.45, 7) is 6.65. The largest absolute Gasteiger partial charge is 0.292 e. The summed E-state index contributed by atoms with van der Waals surface area (Å²) in [5.74, 6) is 1.78. The van der Waals surface area contributed by atoms with Gasteiger partial charge < -0.3 is 0 Å². The fraction of sp³-hybridized carbons (Fsp3) is 0.0816. The van der Waals surface area contributed by atoms with Gasteiger partial charge in [0.2, 0.25) is 0 Å². The molecule has 0 aliphatic heterocycles. The molecule has 9 rings (SSSR count). The summed E-state index contributed by atoms with van der Waals surface area (Å²) in [6.07, 6.45) is 2.87. The SMILES string of the molecule is Cc1c(C=Nc2ccccc2Cc2ccccc2)c(C)c(-c2nc3ccccc3n2-c2ccccc2)c(C)c1-c1nc2ccccc2n1-c1ccccc1. The molecule has 260 valence electrons. The first-order valence-electron chi connectivity index (χ1n) is 18.4. The molecule has 2 aromatic heterocycles. The summed E-state index contributed by atoms with van der Waals surface area (Å²) in [5.41, 5.74) is 16.1. The highest BCUT2D eigenvalue weighted by Crippen LogP contribution is 2.42. The van der Waals surface area contributed by atoms with Crippen molar-refractivity contribution in [2.45, 2.75) is 27.2 Å². The van der Waals surface area contributed by atoms with Gasteiger partial charge in [0.15, 0.2) is 0 Å². The molecule has 0 N–H and O–H groups in total. The summed E-state index contributed by atoms with van der Waals surface area (Å²) < 4.78 is 4.58. The van der Waals surface area contributed by atoms with Crippen LogP contribution in [0.3, 0.4) is 0 Å². The van der Waals surface area contributed by atoms with E-state index < -0.39 is 0 Å². The van der Waals surface area contributed by atoms with E-state index in [1.54, 1.807) is 0 Å². The molecule has 7 aromatic carbocycles. The average molecular weight is 698 g/mol. The number of aromatic nitrogens is 4. The zero-order chi connectivity index (χ0) is 36.6. The Bertz CT molecular complexity index is 2670. The number of nitrogens with zero attached hydrogens (tertiary/aromatic N) is 5.